The molecule has 1 saturated heterocycles. The lowest BCUT2D eigenvalue weighted by Gasteiger charge is -2.33. The van der Waals surface area contributed by atoms with E-state index in [1.165, 1.54) is 44.8 Å². The third-order valence-electron chi connectivity index (χ3n) is 5.30. The second-order valence-corrected chi connectivity index (χ2v) is 8.02. The summed E-state index contributed by atoms with van der Waals surface area (Å²) in [6, 6.07) is 0. The average molecular weight is 333 g/mol. The van der Waals surface area contributed by atoms with Crippen LogP contribution in [0, 0.1) is 5.92 Å². The number of aromatic nitrogens is 2. The third-order valence-corrected chi connectivity index (χ3v) is 6.50. The Bertz CT molecular complexity index is 693. The van der Waals surface area contributed by atoms with Crippen LogP contribution in [0.15, 0.2) is 6.33 Å². The largest absolute Gasteiger partial charge is 0.391 e. The van der Waals surface area contributed by atoms with E-state index in [-0.39, 0.29) is 6.61 Å². The average Bonchev–Trinajstić information content (AvgIpc) is 2.94. The third kappa shape index (κ3) is 2.84. The van der Waals surface area contributed by atoms with E-state index in [2.05, 4.69) is 21.8 Å². The number of fused-ring (bicyclic) bond motifs is 3. The number of hydrogen-bond donors (Lipinski definition) is 2. The summed E-state index contributed by atoms with van der Waals surface area (Å²) < 4.78 is 0. The summed E-state index contributed by atoms with van der Waals surface area (Å²) >= 11 is 1.87. The summed E-state index contributed by atoms with van der Waals surface area (Å²) in [6.45, 7) is 7.68. The van der Waals surface area contributed by atoms with E-state index in [1.54, 1.807) is 6.33 Å². The minimum Gasteiger partial charge on any atom is -0.391 e. The molecule has 124 valence electrons. The summed E-state index contributed by atoms with van der Waals surface area (Å²) in [5, 5.41) is 10.4. The number of hydrogen-bond acceptors (Lipinski definition) is 5. The molecule has 2 aromatic heterocycles. The maximum absolute atomic E-state index is 9.12. The van der Waals surface area contributed by atoms with E-state index >= 15 is 0 Å². The molecule has 6 heteroatoms. The lowest BCUT2D eigenvalue weighted by Crippen LogP contribution is -3.15. The molecule has 1 fully saturated rings. The Kier molecular flexibility index (Phi) is 4.22. The number of aliphatic hydroxyl groups excluding tert-OH is 1. The van der Waals surface area contributed by atoms with E-state index in [9.17, 15) is 0 Å². The minimum atomic E-state index is 0.281. The fraction of sp³-hybridized carbons (Fsp3) is 0.647. The van der Waals surface area contributed by atoms with Gasteiger partial charge >= 0.3 is 0 Å². The molecule has 2 N–H and O–H groups in total. The van der Waals surface area contributed by atoms with Crippen LogP contribution >= 0.6 is 11.3 Å². The van der Waals surface area contributed by atoms with E-state index in [4.69, 9.17) is 5.11 Å². The molecule has 1 atom stereocenters. The summed E-state index contributed by atoms with van der Waals surface area (Å²) in [7, 11) is 0. The van der Waals surface area contributed by atoms with Gasteiger partial charge in [0.15, 0.2) is 0 Å². The molecule has 1 aliphatic carbocycles. The zero-order valence-corrected chi connectivity index (χ0v) is 14.5. The number of nitrogens with zero attached hydrogens (tertiary/aromatic N) is 3. The zero-order chi connectivity index (χ0) is 15.8. The fourth-order valence-corrected chi connectivity index (χ4v) is 5.13. The predicted octanol–water partition coefficient (Wildman–Crippen LogP) is 0.513. The highest BCUT2D eigenvalue weighted by molar-refractivity contribution is 7.19. The number of piperazine rings is 1. The smallest absolute Gasteiger partial charge is 0.141 e. The molecule has 2 aromatic rings. The van der Waals surface area contributed by atoms with Gasteiger partial charge in [0.1, 0.15) is 23.5 Å². The Hall–Kier alpha value is -1.24. The van der Waals surface area contributed by atoms with Gasteiger partial charge in [-0.15, -0.1) is 11.3 Å². The molecule has 0 amide bonds. The molecule has 0 bridgehead atoms. The molecule has 0 spiro atoms. The van der Waals surface area contributed by atoms with Crippen LogP contribution in [0.25, 0.3) is 10.2 Å². The van der Waals surface area contributed by atoms with Crippen molar-refractivity contribution in [2.45, 2.75) is 26.2 Å². The lowest BCUT2D eigenvalue weighted by molar-refractivity contribution is -0.900. The number of rotatable bonds is 3. The van der Waals surface area contributed by atoms with Gasteiger partial charge in [-0.25, -0.2) is 9.97 Å². The van der Waals surface area contributed by atoms with Gasteiger partial charge in [0.2, 0.25) is 0 Å². The Morgan fingerprint density at radius 1 is 1.35 bits per heavy atom. The van der Waals surface area contributed by atoms with Crippen molar-refractivity contribution in [1.29, 1.82) is 0 Å². The molecule has 3 heterocycles. The molecule has 0 saturated carbocycles. The predicted molar refractivity (Wildman–Crippen MR) is 93.5 cm³/mol. The number of quaternary nitrogens is 1. The molecule has 1 aliphatic heterocycles. The first-order valence-corrected chi connectivity index (χ1v) is 9.52. The molecular weight excluding hydrogens is 308 g/mol. The highest BCUT2D eigenvalue weighted by Gasteiger charge is 2.27. The van der Waals surface area contributed by atoms with Crippen LogP contribution < -0.4 is 9.80 Å². The minimum absolute atomic E-state index is 0.281. The monoisotopic (exact) mass is 333 g/mol. The number of thiophene rings is 1. The quantitative estimate of drug-likeness (QED) is 0.860. The van der Waals surface area contributed by atoms with Gasteiger partial charge < -0.3 is 14.9 Å². The molecule has 5 nitrogen and oxygen atoms in total. The Morgan fingerprint density at radius 2 is 2.17 bits per heavy atom. The maximum atomic E-state index is 9.12. The molecule has 2 aliphatic rings. The highest BCUT2D eigenvalue weighted by Crippen LogP contribution is 2.40. The van der Waals surface area contributed by atoms with Crippen molar-refractivity contribution in [3.8, 4) is 0 Å². The SMILES string of the molecule is C[C@@H]1CCc2sc3ncnc(N4CC[NH+](CCO)CC4)c3c2C1. The molecule has 4 rings (SSSR count). The normalized spacial score (nSPS) is 22.5. The van der Waals surface area contributed by atoms with Gasteiger partial charge in [0.05, 0.1) is 38.2 Å². The maximum Gasteiger partial charge on any atom is 0.141 e. The summed E-state index contributed by atoms with van der Waals surface area (Å²) in [6.07, 6.45) is 5.40. The molecule has 23 heavy (non-hydrogen) atoms. The molecule has 0 radical (unpaired) electrons. The van der Waals surface area contributed by atoms with Crippen molar-refractivity contribution in [3.63, 3.8) is 0 Å². The van der Waals surface area contributed by atoms with Crippen LogP contribution in [-0.4, -0.2) is 54.4 Å². The number of anilines is 1. The van der Waals surface area contributed by atoms with E-state index in [0.717, 1.165) is 44.5 Å². The fourth-order valence-electron chi connectivity index (χ4n) is 3.95. The number of aliphatic hydroxyl groups is 1. The van der Waals surface area contributed by atoms with Crippen molar-refractivity contribution >= 4 is 27.4 Å². The summed E-state index contributed by atoms with van der Waals surface area (Å²) in [4.78, 5) is 15.8. The highest BCUT2D eigenvalue weighted by atomic mass is 32.1. The second kappa shape index (κ2) is 6.34. The van der Waals surface area contributed by atoms with Gasteiger partial charge in [-0.2, -0.15) is 0 Å². The lowest BCUT2D eigenvalue weighted by atomic mass is 9.88. The number of aryl methyl sites for hydroxylation is 1. The van der Waals surface area contributed by atoms with Crippen LogP contribution in [0.1, 0.15) is 23.8 Å². The van der Waals surface area contributed by atoms with Crippen LogP contribution in [0.2, 0.25) is 0 Å². The van der Waals surface area contributed by atoms with Crippen LogP contribution in [0.5, 0.6) is 0 Å². The molecule has 0 aromatic carbocycles. The first kappa shape index (κ1) is 15.3. The van der Waals surface area contributed by atoms with Crippen molar-refractivity contribution in [2.75, 3.05) is 44.2 Å². The van der Waals surface area contributed by atoms with Crippen molar-refractivity contribution in [1.82, 2.24) is 9.97 Å². The second-order valence-electron chi connectivity index (χ2n) is 6.94. The molecule has 0 unspecified atom stereocenters. The first-order chi connectivity index (χ1) is 11.3. The van der Waals surface area contributed by atoms with Gasteiger partial charge in [-0.05, 0) is 30.7 Å². The van der Waals surface area contributed by atoms with Crippen LogP contribution in [0.3, 0.4) is 0 Å². The van der Waals surface area contributed by atoms with E-state index < -0.39 is 0 Å². The standard InChI is InChI=1S/C17H24N4OS/c1-12-2-3-14-13(10-12)15-16(18-11-19-17(15)23-14)21-6-4-20(5-7-21)8-9-22/h11-12,22H,2-10H2,1H3/p+1/t12-/m1/s1. The molecular formula is C17H25N4OS+. The summed E-state index contributed by atoms with van der Waals surface area (Å²) in [5.41, 5.74) is 1.52. The van der Waals surface area contributed by atoms with Crippen molar-refractivity contribution < 1.29 is 10.0 Å². The Balaban J connectivity index is 1.67. The van der Waals surface area contributed by atoms with Crippen LogP contribution in [0.4, 0.5) is 5.82 Å². The van der Waals surface area contributed by atoms with Crippen molar-refractivity contribution in [3.05, 3.63) is 16.8 Å². The zero-order valence-electron chi connectivity index (χ0n) is 13.7. The summed E-state index contributed by atoms with van der Waals surface area (Å²) in [5.74, 6) is 1.91. The number of nitrogens with one attached hydrogen (secondary N) is 1. The topological polar surface area (TPSA) is 53.7 Å². The van der Waals surface area contributed by atoms with E-state index in [1.807, 2.05) is 11.3 Å². The van der Waals surface area contributed by atoms with Crippen molar-refractivity contribution in [2.24, 2.45) is 5.92 Å². The van der Waals surface area contributed by atoms with Gasteiger partial charge in [-0.3, -0.25) is 0 Å². The van der Waals surface area contributed by atoms with Gasteiger partial charge in [0, 0.05) is 4.88 Å². The Morgan fingerprint density at radius 3 is 2.96 bits per heavy atom. The first-order valence-electron chi connectivity index (χ1n) is 8.71. The van der Waals surface area contributed by atoms with Gasteiger partial charge in [-0.1, -0.05) is 6.92 Å². The van der Waals surface area contributed by atoms with Gasteiger partial charge in [0.25, 0.3) is 0 Å². The van der Waals surface area contributed by atoms with Crippen LogP contribution in [-0.2, 0) is 12.8 Å². The van der Waals surface area contributed by atoms with E-state index in [0.29, 0.717) is 0 Å². The Labute approximate surface area is 141 Å².